The molecule has 0 aliphatic heterocycles. The number of anilines is 1. The van der Waals surface area contributed by atoms with E-state index in [1.54, 1.807) is 6.92 Å². The van der Waals surface area contributed by atoms with Crippen LogP contribution in [0.5, 0.6) is 0 Å². The number of rotatable bonds is 10. The number of amides is 1. The number of ketones is 1. The Hall–Kier alpha value is -3.27. The third-order valence-corrected chi connectivity index (χ3v) is 4.88. The first-order valence-corrected chi connectivity index (χ1v) is 10.00. The average Bonchev–Trinajstić information content (AvgIpc) is 2.69. The van der Waals surface area contributed by atoms with Gasteiger partial charge in [0.15, 0.2) is 5.78 Å². The Balaban J connectivity index is 2.43. The minimum absolute atomic E-state index is 0.0341. The van der Waals surface area contributed by atoms with Crippen LogP contribution in [0.4, 0.5) is 10.2 Å². The van der Waals surface area contributed by atoms with Gasteiger partial charge in [-0.25, -0.2) is 9.18 Å². The zero-order chi connectivity index (χ0) is 23.3. The topological polar surface area (TPSA) is 142 Å². The number of nitrogens with zero attached hydrogens (tertiary/aromatic N) is 2. The number of benzene rings is 1. The van der Waals surface area contributed by atoms with Gasteiger partial charge < -0.3 is 11.5 Å². The number of hydrogen-bond acceptors (Lipinski definition) is 6. The Labute approximate surface area is 178 Å². The van der Waals surface area contributed by atoms with Gasteiger partial charge in [0.25, 0.3) is 5.56 Å². The zero-order valence-corrected chi connectivity index (χ0v) is 17.9. The van der Waals surface area contributed by atoms with Crippen LogP contribution >= 0.6 is 0 Å². The summed E-state index contributed by atoms with van der Waals surface area (Å²) in [6, 6.07) is 4.69. The van der Waals surface area contributed by atoms with E-state index < -0.39 is 34.8 Å². The molecule has 10 heteroatoms. The molecule has 0 fully saturated rings. The van der Waals surface area contributed by atoms with Gasteiger partial charge in [-0.05, 0) is 37.0 Å². The highest BCUT2D eigenvalue weighted by Gasteiger charge is 2.24. The van der Waals surface area contributed by atoms with Crippen molar-refractivity contribution < 1.29 is 14.0 Å². The normalized spacial score (nSPS) is 12.2. The van der Waals surface area contributed by atoms with Crippen LogP contribution in [0.25, 0.3) is 0 Å². The van der Waals surface area contributed by atoms with Crippen molar-refractivity contribution in [2.75, 3.05) is 12.3 Å². The van der Waals surface area contributed by atoms with Crippen molar-refractivity contribution in [3.63, 3.8) is 0 Å². The summed E-state index contributed by atoms with van der Waals surface area (Å²) < 4.78 is 15.2. The lowest BCUT2D eigenvalue weighted by molar-refractivity contribution is -0.120. The van der Waals surface area contributed by atoms with Gasteiger partial charge in [0, 0.05) is 6.54 Å². The number of aromatic nitrogens is 2. The molecular weight excluding hydrogens is 405 g/mol. The SMILES string of the molecule is CCn1c(=O)c(C(=O)CN[C@@H](CC(C)C)C(N)=O)c(N)n(Cc2ccc(F)cc2)c1=O. The van der Waals surface area contributed by atoms with Crippen molar-refractivity contribution in [2.24, 2.45) is 11.7 Å². The molecule has 0 saturated carbocycles. The second-order valence-corrected chi connectivity index (χ2v) is 7.69. The highest BCUT2D eigenvalue weighted by molar-refractivity contribution is 6.01. The summed E-state index contributed by atoms with van der Waals surface area (Å²) >= 11 is 0. The van der Waals surface area contributed by atoms with Crippen LogP contribution in [0.3, 0.4) is 0 Å². The molecule has 9 nitrogen and oxygen atoms in total. The van der Waals surface area contributed by atoms with Gasteiger partial charge in [0.2, 0.25) is 5.91 Å². The van der Waals surface area contributed by atoms with Crippen LogP contribution < -0.4 is 28.0 Å². The van der Waals surface area contributed by atoms with Crippen LogP contribution in [0.1, 0.15) is 43.1 Å². The second kappa shape index (κ2) is 10.2. The highest BCUT2D eigenvalue weighted by Crippen LogP contribution is 2.11. The predicted octanol–water partition coefficient (Wildman–Crippen LogP) is 0.472. The van der Waals surface area contributed by atoms with E-state index in [2.05, 4.69) is 5.32 Å². The molecule has 0 spiro atoms. The third-order valence-electron chi connectivity index (χ3n) is 4.88. The lowest BCUT2D eigenvalue weighted by atomic mass is 10.0. The Morgan fingerprint density at radius 2 is 1.74 bits per heavy atom. The molecule has 1 atom stereocenters. The summed E-state index contributed by atoms with van der Waals surface area (Å²) in [5, 5.41) is 2.77. The van der Waals surface area contributed by atoms with Gasteiger partial charge in [0.05, 0.1) is 19.1 Å². The molecule has 2 rings (SSSR count). The van der Waals surface area contributed by atoms with Gasteiger partial charge >= 0.3 is 5.69 Å². The van der Waals surface area contributed by atoms with E-state index in [0.29, 0.717) is 12.0 Å². The summed E-state index contributed by atoms with van der Waals surface area (Å²) in [4.78, 5) is 50.0. The minimum Gasteiger partial charge on any atom is -0.384 e. The smallest absolute Gasteiger partial charge is 0.332 e. The number of hydrogen-bond donors (Lipinski definition) is 3. The maximum atomic E-state index is 13.2. The van der Waals surface area contributed by atoms with Crippen molar-refractivity contribution in [3.05, 3.63) is 62.0 Å². The van der Waals surface area contributed by atoms with Crippen molar-refractivity contribution in [1.29, 1.82) is 0 Å². The van der Waals surface area contributed by atoms with Gasteiger partial charge in [-0.2, -0.15) is 0 Å². The molecule has 1 aromatic carbocycles. The third kappa shape index (κ3) is 5.66. The Morgan fingerprint density at radius 3 is 2.26 bits per heavy atom. The molecule has 0 bridgehead atoms. The number of nitrogen functional groups attached to an aromatic ring is 1. The van der Waals surface area contributed by atoms with Gasteiger partial charge in [-0.3, -0.25) is 28.8 Å². The number of carbonyl (C=O) groups excluding carboxylic acids is 2. The van der Waals surface area contributed by atoms with E-state index in [1.165, 1.54) is 24.3 Å². The number of carbonyl (C=O) groups is 2. The van der Waals surface area contributed by atoms with Crippen LogP contribution in [0.15, 0.2) is 33.9 Å². The number of Topliss-reactive ketones (excluding diaryl/α,β-unsaturated/α-hetero) is 1. The summed E-state index contributed by atoms with van der Waals surface area (Å²) in [5.74, 6) is -1.83. The first-order valence-electron chi connectivity index (χ1n) is 10.00. The van der Waals surface area contributed by atoms with Crippen molar-refractivity contribution in [1.82, 2.24) is 14.5 Å². The molecule has 0 aliphatic carbocycles. The van der Waals surface area contributed by atoms with Gasteiger partial charge in [0.1, 0.15) is 17.2 Å². The van der Waals surface area contributed by atoms with E-state index in [9.17, 15) is 23.6 Å². The molecular formula is C21H28FN5O4. The number of halogens is 1. The van der Waals surface area contributed by atoms with E-state index >= 15 is 0 Å². The van der Waals surface area contributed by atoms with Crippen molar-refractivity contribution in [3.8, 4) is 0 Å². The largest absolute Gasteiger partial charge is 0.384 e. The van der Waals surface area contributed by atoms with Gasteiger partial charge in [-0.1, -0.05) is 26.0 Å². The Morgan fingerprint density at radius 1 is 1.13 bits per heavy atom. The molecule has 1 heterocycles. The standard InChI is InChI=1S/C21H28FN5O4/c1-4-26-20(30)17(16(28)10-25-15(19(24)29)9-12(2)3)18(23)27(21(26)31)11-13-5-7-14(22)8-6-13/h5-8,12,15,25H,4,9-11,23H2,1-3H3,(H2,24,29)/t15-/m0/s1. The average molecular weight is 433 g/mol. The maximum Gasteiger partial charge on any atom is 0.332 e. The van der Waals surface area contributed by atoms with Crippen LogP contribution in [-0.4, -0.2) is 33.4 Å². The number of nitrogens with two attached hydrogens (primary N) is 2. The van der Waals surface area contributed by atoms with Crippen LogP contribution in [0.2, 0.25) is 0 Å². The molecule has 1 amide bonds. The lowest BCUT2D eigenvalue weighted by Gasteiger charge is -2.18. The molecule has 1 aromatic heterocycles. The fraction of sp³-hybridized carbons (Fsp3) is 0.429. The number of primary amides is 1. The monoisotopic (exact) mass is 433 g/mol. The maximum absolute atomic E-state index is 13.2. The number of nitrogens with one attached hydrogen (secondary N) is 1. The van der Waals surface area contributed by atoms with E-state index in [4.69, 9.17) is 11.5 Å². The summed E-state index contributed by atoms with van der Waals surface area (Å²) in [5.41, 5.74) is 10.2. The summed E-state index contributed by atoms with van der Waals surface area (Å²) in [7, 11) is 0. The molecule has 0 aliphatic rings. The fourth-order valence-electron chi connectivity index (χ4n) is 3.26. The van der Waals surface area contributed by atoms with Crippen molar-refractivity contribution >= 4 is 17.5 Å². The molecule has 168 valence electrons. The molecule has 31 heavy (non-hydrogen) atoms. The summed E-state index contributed by atoms with van der Waals surface area (Å²) in [6.45, 7) is 5.05. The molecule has 5 N–H and O–H groups in total. The Kier molecular flexibility index (Phi) is 7.87. The molecule has 2 aromatic rings. The van der Waals surface area contributed by atoms with E-state index in [1.807, 2.05) is 13.8 Å². The molecule has 0 unspecified atom stereocenters. The first kappa shape index (κ1) is 24.0. The van der Waals surface area contributed by atoms with Crippen molar-refractivity contribution in [2.45, 2.75) is 46.3 Å². The lowest BCUT2D eigenvalue weighted by Crippen LogP contribution is -2.47. The van der Waals surface area contributed by atoms with Crippen LogP contribution in [-0.2, 0) is 17.9 Å². The quantitative estimate of drug-likeness (QED) is 0.465. The summed E-state index contributed by atoms with van der Waals surface area (Å²) in [6.07, 6.45) is 0.418. The second-order valence-electron chi connectivity index (χ2n) is 7.69. The first-order chi connectivity index (χ1) is 14.6. The predicted molar refractivity (Wildman–Crippen MR) is 115 cm³/mol. The molecule has 0 saturated heterocycles. The minimum atomic E-state index is -0.799. The van der Waals surface area contributed by atoms with Gasteiger partial charge in [-0.15, -0.1) is 0 Å². The van der Waals surface area contributed by atoms with E-state index in [-0.39, 0.29) is 36.9 Å². The van der Waals surface area contributed by atoms with E-state index in [0.717, 1.165) is 9.13 Å². The molecule has 0 radical (unpaired) electrons. The fourth-order valence-corrected chi connectivity index (χ4v) is 3.26. The highest BCUT2D eigenvalue weighted by atomic mass is 19.1. The van der Waals surface area contributed by atoms with Crippen LogP contribution in [0, 0.1) is 11.7 Å². The zero-order valence-electron chi connectivity index (χ0n) is 17.9. The Bertz CT molecular complexity index is 1070.